The van der Waals surface area contributed by atoms with Crippen molar-refractivity contribution in [2.75, 3.05) is 5.32 Å². The van der Waals surface area contributed by atoms with E-state index >= 15 is 0 Å². The molecule has 3 nitrogen and oxygen atoms in total. The van der Waals surface area contributed by atoms with E-state index in [4.69, 9.17) is 46.4 Å². The van der Waals surface area contributed by atoms with Crippen LogP contribution in [-0.4, -0.2) is 10.9 Å². The quantitative estimate of drug-likeness (QED) is 0.516. The van der Waals surface area contributed by atoms with Gasteiger partial charge in [0, 0.05) is 16.0 Å². The van der Waals surface area contributed by atoms with Crippen LogP contribution in [-0.2, 0) is 0 Å². The molecule has 0 saturated carbocycles. The first-order valence-electron chi connectivity index (χ1n) is 6.62. The molecule has 0 fully saturated rings. The number of carbonyl (C=O) groups is 1. The van der Waals surface area contributed by atoms with E-state index in [1.807, 2.05) is 0 Å². The number of aromatic nitrogens is 1. The molecule has 0 aliphatic carbocycles. The highest BCUT2D eigenvalue weighted by molar-refractivity contribution is 7.14. The molecular weight excluding hydrogens is 410 g/mol. The summed E-state index contributed by atoms with van der Waals surface area (Å²) in [5, 5.41) is 6.48. The maximum absolute atomic E-state index is 12.4. The van der Waals surface area contributed by atoms with E-state index in [1.54, 1.807) is 41.8 Å². The number of nitrogens with one attached hydrogen (secondary N) is 1. The summed E-state index contributed by atoms with van der Waals surface area (Å²) in [7, 11) is 0. The smallest absolute Gasteiger partial charge is 0.260 e. The van der Waals surface area contributed by atoms with Gasteiger partial charge in [-0.3, -0.25) is 10.1 Å². The summed E-state index contributed by atoms with van der Waals surface area (Å²) < 4.78 is 0. The van der Waals surface area contributed by atoms with Crippen LogP contribution in [0.15, 0.2) is 41.8 Å². The van der Waals surface area contributed by atoms with Crippen molar-refractivity contribution in [2.45, 2.75) is 0 Å². The number of amides is 1. The lowest BCUT2D eigenvalue weighted by molar-refractivity contribution is 0.102. The van der Waals surface area contributed by atoms with Gasteiger partial charge < -0.3 is 0 Å². The molecule has 0 radical (unpaired) electrons. The molecule has 1 N–H and O–H groups in total. The Bertz CT molecular complexity index is 906. The van der Waals surface area contributed by atoms with Crippen molar-refractivity contribution in [3.8, 4) is 11.3 Å². The lowest BCUT2D eigenvalue weighted by Crippen LogP contribution is -2.12. The molecule has 1 heterocycles. The maximum atomic E-state index is 12.4. The fourth-order valence-electron chi connectivity index (χ4n) is 2.03. The SMILES string of the molecule is O=C(Nc1nc(-c2ccc(Cl)cc2Cl)cs1)c1c(Cl)cccc1Cl. The number of nitrogens with zero attached hydrogens (tertiary/aromatic N) is 1. The number of thiazole rings is 1. The second-order valence-corrected chi connectivity index (χ2v) is 7.23. The van der Waals surface area contributed by atoms with Gasteiger partial charge in [-0.1, -0.05) is 52.5 Å². The molecule has 24 heavy (non-hydrogen) atoms. The molecule has 3 aromatic rings. The molecule has 8 heteroatoms. The maximum Gasteiger partial charge on any atom is 0.260 e. The first-order chi connectivity index (χ1) is 11.5. The zero-order valence-electron chi connectivity index (χ0n) is 11.8. The van der Waals surface area contributed by atoms with E-state index in [-0.39, 0.29) is 15.6 Å². The van der Waals surface area contributed by atoms with Crippen LogP contribution in [0, 0.1) is 0 Å². The Morgan fingerprint density at radius 1 is 1.00 bits per heavy atom. The van der Waals surface area contributed by atoms with Gasteiger partial charge in [-0.25, -0.2) is 4.98 Å². The van der Waals surface area contributed by atoms with Crippen LogP contribution in [0.1, 0.15) is 10.4 Å². The van der Waals surface area contributed by atoms with Crippen LogP contribution in [0.3, 0.4) is 0 Å². The van der Waals surface area contributed by atoms with E-state index in [1.165, 1.54) is 11.3 Å². The summed E-state index contributed by atoms with van der Waals surface area (Å²) in [6, 6.07) is 10.0. The van der Waals surface area contributed by atoms with E-state index in [9.17, 15) is 4.79 Å². The summed E-state index contributed by atoms with van der Waals surface area (Å²) in [5.74, 6) is -0.422. The van der Waals surface area contributed by atoms with Gasteiger partial charge in [0.2, 0.25) is 0 Å². The van der Waals surface area contributed by atoms with Crippen molar-refractivity contribution in [3.63, 3.8) is 0 Å². The predicted molar refractivity (Wildman–Crippen MR) is 102 cm³/mol. The van der Waals surface area contributed by atoms with Gasteiger partial charge in [0.25, 0.3) is 5.91 Å². The van der Waals surface area contributed by atoms with E-state index in [0.29, 0.717) is 20.9 Å². The number of anilines is 1. The Hall–Kier alpha value is -1.30. The second kappa shape index (κ2) is 7.30. The van der Waals surface area contributed by atoms with Gasteiger partial charge in [0.1, 0.15) is 0 Å². The standard InChI is InChI=1S/C16H8Cl4N2OS/c17-8-4-5-9(12(20)6-8)13-7-24-16(21-13)22-15(23)14-10(18)2-1-3-11(14)19/h1-7H,(H,21,22,23). The fraction of sp³-hybridized carbons (Fsp3) is 0. The van der Waals surface area contributed by atoms with Crippen LogP contribution in [0.4, 0.5) is 5.13 Å². The third-order valence-corrected chi connectivity index (χ3v) is 5.06. The van der Waals surface area contributed by atoms with Crippen molar-refractivity contribution < 1.29 is 4.79 Å². The average molecular weight is 418 g/mol. The van der Waals surface area contributed by atoms with E-state index < -0.39 is 5.91 Å². The van der Waals surface area contributed by atoms with Crippen molar-refractivity contribution in [2.24, 2.45) is 0 Å². The van der Waals surface area contributed by atoms with Crippen LogP contribution < -0.4 is 5.32 Å². The zero-order chi connectivity index (χ0) is 17.3. The molecule has 1 amide bonds. The lowest BCUT2D eigenvalue weighted by atomic mass is 10.2. The highest BCUT2D eigenvalue weighted by Crippen LogP contribution is 2.33. The number of halogens is 4. The Morgan fingerprint density at radius 2 is 1.71 bits per heavy atom. The molecule has 2 aromatic carbocycles. The number of carbonyl (C=O) groups excluding carboxylic acids is 1. The van der Waals surface area contributed by atoms with Crippen LogP contribution >= 0.6 is 57.7 Å². The minimum atomic E-state index is -0.422. The van der Waals surface area contributed by atoms with Crippen molar-refractivity contribution in [3.05, 3.63) is 67.4 Å². The third kappa shape index (κ3) is 3.68. The summed E-state index contributed by atoms with van der Waals surface area (Å²) in [5.41, 5.74) is 1.58. The molecule has 0 bridgehead atoms. The van der Waals surface area contributed by atoms with E-state index in [0.717, 1.165) is 5.56 Å². The monoisotopic (exact) mass is 416 g/mol. The van der Waals surface area contributed by atoms with Gasteiger partial charge >= 0.3 is 0 Å². The molecular formula is C16H8Cl4N2OS. The lowest BCUT2D eigenvalue weighted by Gasteiger charge is -2.06. The second-order valence-electron chi connectivity index (χ2n) is 4.71. The Balaban J connectivity index is 1.85. The van der Waals surface area contributed by atoms with Crippen molar-refractivity contribution >= 4 is 68.8 Å². The molecule has 0 aliphatic heterocycles. The summed E-state index contributed by atoms with van der Waals surface area (Å²) >= 11 is 25.4. The van der Waals surface area contributed by atoms with Gasteiger partial charge in [-0.15, -0.1) is 11.3 Å². The molecule has 0 spiro atoms. The van der Waals surface area contributed by atoms with E-state index in [2.05, 4.69) is 10.3 Å². The fourth-order valence-corrected chi connectivity index (χ4v) is 3.81. The molecule has 0 unspecified atom stereocenters. The minimum Gasteiger partial charge on any atom is -0.298 e. The van der Waals surface area contributed by atoms with Crippen LogP contribution in [0.5, 0.6) is 0 Å². The molecule has 3 rings (SSSR count). The van der Waals surface area contributed by atoms with Crippen molar-refractivity contribution in [1.82, 2.24) is 4.98 Å². The molecule has 0 atom stereocenters. The number of hydrogen-bond donors (Lipinski definition) is 1. The van der Waals surface area contributed by atoms with Crippen LogP contribution in [0.25, 0.3) is 11.3 Å². The normalized spacial score (nSPS) is 10.7. The number of benzene rings is 2. The summed E-state index contributed by atoms with van der Waals surface area (Å²) in [6.45, 7) is 0. The van der Waals surface area contributed by atoms with Crippen LogP contribution in [0.2, 0.25) is 20.1 Å². The third-order valence-electron chi connectivity index (χ3n) is 3.12. The van der Waals surface area contributed by atoms with Gasteiger partial charge in [-0.05, 0) is 30.3 Å². The van der Waals surface area contributed by atoms with Crippen molar-refractivity contribution in [1.29, 1.82) is 0 Å². The average Bonchev–Trinajstić information content (AvgIpc) is 2.95. The summed E-state index contributed by atoms with van der Waals surface area (Å²) in [4.78, 5) is 16.7. The Morgan fingerprint density at radius 3 is 2.38 bits per heavy atom. The molecule has 0 saturated heterocycles. The Kier molecular flexibility index (Phi) is 5.33. The molecule has 1 aromatic heterocycles. The zero-order valence-corrected chi connectivity index (χ0v) is 15.7. The van der Waals surface area contributed by atoms with Gasteiger partial charge in [0.15, 0.2) is 5.13 Å². The number of rotatable bonds is 3. The van der Waals surface area contributed by atoms with Gasteiger partial charge in [0.05, 0.1) is 26.3 Å². The summed E-state index contributed by atoms with van der Waals surface area (Å²) in [6.07, 6.45) is 0. The van der Waals surface area contributed by atoms with Gasteiger partial charge in [-0.2, -0.15) is 0 Å². The number of hydrogen-bond acceptors (Lipinski definition) is 3. The largest absolute Gasteiger partial charge is 0.298 e. The predicted octanol–water partition coefficient (Wildman–Crippen LogP) is 6.68. The molecule has 0 aliphatic rings. The highest BCUT2D eigenvalue weighted by Gasteiger charge is 2.16. The molecule has 122 valence electrons. The first kappa shape index (κ1) is 17.5. The first-order valence-corrected chi connectivity index (χ1v) is 9.01. The Labute approximate surface area is 162 Å². The topological polar surface area (TPSA) is 42.0 Å². The highest BCUT2D eigenvalue weighted by atomic mass is 35.5. The minimum absolute atomic E-state index is 0.210.